The molecule has 4 heteroatoms. The van der Waals surface area contributed by atoms with Crippen LogP contribution in [0.4, 0.5) is 0 Å². The number of aliphatic hydroxyl groups excluding tert-OH is 1. The molecular formula is C17H17BrO3. The van der Waals surface area contributed by atoms with Gasteiger partial charge in [0.05, 0.1) is 12.7 Å². The third-order valence-corrected chi connectivity index (χ3v) is 4.17. The van der Waals surface area contributed by atoms with Gasteiger partial charge < -0.3 is 14.6 Å². The Morgan fingerprint density at radius 1 is 1.29 bits per heavy atom. The van der Waals surface area contributed by atoms with Crippen LogP contribution in [-0.4, -0.2) is 12.2 Å². The molecule has 1 aliphatic rings. The highest BCUT2D eigenvalue weighted by molar-refractivity contribution is 9.10. The maximum Gasteiger partial charge on any atom is 0.127 e. The van der Waals surface area contributed by atoms with Gasteiger partial charge in [-0.2, -0.15) is 0 Å². The maximum atomic E-state index is 10.3. The van der Waals surface area contributed by atoms with Crippen LogP contribution in [0.15, 0.2) is 46.9 Å². The molecule has 3 rings (SSSR count). The Hall–Kier alpha value is -1.36. The lowest BCUT2D eigenvalue weighted by Gasteiger charge is -2.30. The van der Waals surface area contributed by atoms with E-state index >= 15 is 0 Å². The van der Waals surface area contributed by atoms with Crippen molar-refractivity contribution in [1.29, 1.82) is 0 Å². The molecule has 0 spiro atoms. The predicted molar refractivity (Wildman–Crippen MR) is 84.2 cm³/mol. The molecule has 0 radical (unpaired) electrons. The van der Waals surface area contributed by atoms with E-state index in [1.54, 1.807) is 7.11 Å². The predicted octanol–water partition coefficient (Wildman–Crippen LogP) is 4.15. The van der Waals surface area contributed by atoms with Crippen molar-refractivity contribution in [2.45, 2.75) is 25.2 Å². The molecule has 21 heavy (non-hydrogen) atoms. The molecule has 110 valence electrons. The van der Waals surface area contributed by atoms with Gasteiger partial charge in [-0.05, 0) is 29.3 Å². The number of fused-ring (bicyclic) bond motifs is 1. The van der Waals surface area contributed by atoms with E-state index in [0.29, 0.717) is 13.0 Å². The quantitative estimate of drug-likeness (QED) is 0.905. The van der Waals surface area contributed by atoms with Crippen LogP contribution in [0.1, 0.15) is 35.3 Å². The van der Waals surface area contributed by atoms with Crippen LogP contribution in [0.25, 0.3) is 0 Å². The van der Waals surface area contributed by atoms with Crippen LogP contribution in [-0.2, 0) is 11.3 Å². The SMILES string of the molecule is COCc1cccc(C2C[C@H](O)c3ccc(Br)cc3O2)c1. The van der Waals surface area contributed by atoms with Gasteiger partial charge in [0.25, 0.3) is 0 Å². The van der Waals surface area contributed by atoms with Crippen molar-refractivity contribution in [3.05, 3.63) is 63.6 Å². The van der Waals surface area contributed by atoms with Gasteiger partial charge in [0.15, 0.2) is 0 Å². The smallest absolute Gasteiger partial charge is 0.127 e. The second-order valence-corrected chi connectivity index (χ2v) is 6.13. The molecule has 1 aliphatic heterocycles. The van der Waals surface area contributed by atoms with Gasteiger partial charge in [-0.25, -0.2) is 0 Å². The molecular weight excluding hydrogens is 332 g/mol. The summed E-state index contributed by atoms with van der Waals surface area (Å²) in [6, 6.07) is 13.9. The van der Waals surface area contributed by atoms with Gasteiger partial charge in [0.2, 0.25) is 0 Å². The number of hydrogen-bond donors (Lipinski definition) is 1. The van der Waals surface area contributed by atoms with E-state index in [0.717, 1.165) is 26.9 Å². The van der Waals surface area contributed by atoms with Gasteiger partial charge in [0, 0.05) is 23.6 Å². The number of benzene rings is 2. The maximum absolute atomic E-state index is 10.3. The Morgan fingerprint density at radius 3 is 2.95 bits per heavy atom. The second-order valence-electron chi connectivity index (χ2n) is 5.22. The molecule has 3 nitrogen and oxygen atoms in total. The summed E-state index contributed by atoms with van der Waals surface area (Å²) in [7, 11) is 1.68. The Kier molecular flexibility index (Phi) is 4.29. The molecule has 1 N–H and O–H groups in total. The molecule has 1 heterocycles. The molecule has 2 aromatic carbocycles. The summed E-state index contributed by atoms with van der Waals surface area (Å²) in [5, 5.41) is 10.3. The Labute approximate surface area is 132 Å². The third kappa shape index (κ3) is 3.12. The Morgan fingerprint density at radius 2 is 2.14 bits per heavy atom. The highest BCUT2D eigenvalue weighted by Gasteiger charge is 2.28. The number of halogens is 1. The van der Waals surface area contributed by atoms with Gasteiger partial charge in [-0.15, -0.1) is 0 Å². The fourth-order valence-corrected chi connectivity index (χ4v) is 3.01. The zero-order chi connectivity index (χ0) is 14.8. The number of ether oxygens (including phenoxy) is 2. The van der Waals surface area contributed by atoms with Crippen molar-refractivity contribution < 1.29 is 14.6 Å². The van der Waals surface area contributed by atoms with Crippen molar-refractivity contribution in [2.24, 2.45) is 0 Å². The van der Waals surface area contributed by atoms with Crippen molar-refractivity contribution >= 4 is 15.9 Å². The van der Waals surface area contributed by atoms with Crippen molar-refractivity contribution in [1.82, 2.24) is 0 Å². The van der Waals surface area contributed by atoms with E-state index in [4.69, 9.17) is 9.47 Å². The van der Waals surface area contributed by atoms with E-state index in [9.17, 15) is 5.11 Å². The first-order valence-electron chi connectivity index (χ1n) is 6.89. The highest BCUT2D eigenvalue weighted by Crippen LogP contribution is 2.41. The van der Waals surface area contributed by atoms with Crippen LogP contribution < -0.4 is 4.74 Å². The van der Waals surface area contributed by atoms with Gasteiger partial charge >= 0.3 is 0 Å². The highest BCUT2D eigenvalue weighted by atomic mass is 79.9. The van der Waals surface area contributed by atoms with Crippen molar-refractivity contribution in [3.8, 4) is 5.75 Å². The monoisotopic (exact) mass is 348 g/mol. The minimum Gasteiger partial charge on any atom is -0.485 e. The van der Waals surface area contributed by atoms with Crippen LogP contribution in [0.3, 0.4) is 0 Å². The van der Waals surface area contributed by atoms with E-state index < -0.39 is 6.10 Å². The molecule has 2 aromatic rings. The van der Waals surface area contributed by atoms with Gasteiger partial charge in [-0.3, -0.25) is 0 Å². The Balaban J connectivity index is 1.89. The number of rotatable bonds is 3. The molecule has 0 bridgehead atoms. The lowest BCUT2D eigenvalue weighted by atomic mass is 9.94. The second kappa shape index (κ2) is 6.18. The average Bonchev–Trinajstić information content (AvgIpc) is 2.47. The lowest BCUT2D eigenvalue weighted by molar-refractivity contribution is 0.0655. The summed E-state index contributed by atoms with van der Waals surface area (Å²) in [6.07, 6.45) is -0.0815. The van der Waals surface area contributed by atoms with Crippen LogP contribution in [0, 0.1) is 0 Å². The molecule has 0 aliphatic carbocycles. The summed E-state index contributed by atoms with van der Waals surface area (Å²) >= 11 is 3.44. The van der Waals surface area contributed by atoms with Crippen LogP contribution in [0.5, 0.6) is 5.75 Å². The summed E-state index contributed by atoms with van der Waals surface area (Å²) in [5.41, 5.74) is 3.02. The van der Waals surface area contributed by atoms with E-state index in [1.165, 1.54) is 0 Å². The van der Waals surface area contributed by atoms with Gasteiger partial charge in [0.1, 0.15) is 11.9 Å². The number of aliphatic hydroxyl groups is 1. The summed E-state index contributed by atoms with van der Waals surface area (Å²) in [5.74, 6) is 0.741. The summed E-state index contributed by atoms with van der Waals surface area (Å²) < 4.78 is 12.2. The van der Waals surface area contributed by atoms with Crippen LogP contribution in [0.2, 0.25) is 0 Å². The van der Waals surface area contributed by atoms with Crippen LogP contribution >= 0.6 is 15.9 Å². The standard InChI is InChI=1S/C17H17BrO3/c1-20-10-11-3-2-4-12(7-11)16-9-15(19)14-6-5-13(18)8-17(14)21-16/h2-8,15-16,19H,9-10H2,1H3/t15-,16?/m0/s1. The molecule has 2 atom stereocenters. The summed E-state index contributed by atoms with van der Waals surface area (Å²) in [4.78, 5) is 0. The van der Waals surface area contributed by atoms with Gasteiger partial charge in [-0.1, -0.05) is 40.2 Å². The Bertz CT molecular complexity index is 642. The van der Waals surface area contributed by atoms with E-state index in [2.05, 4.69) is 22.0 Å². The molecule has 0 amide bonds. The minimum atomic E-state index is -0.502. The zero-order valence-corrected chi connectivity index (χ0v) is 13.3. The average molecular weight is 349 g/mol. The zero-order valence-electron chi connectivity index (χ0n) is 11.8. The lowest BCUT2D eigenvalue weighted by Crippen LogP contribution is -2.19. The number of methoxy groups -OCH3 is 1. The number of hydrogen-bond acceptors (Lipinski definition) is 3. The fraction of sp³-hybridized carbons (Fsp3) is 0.294. The fourth-order valence-electron chi connectivity index (χ4n) is 2.67. The first kappa shape index (κ1) is 14.6. The largest absolute Gasteiger partial charge is 0.485 e. The van der Waals surface area contributed by atoms with Crippen molar-refractivity contribution in [2.75, 3.05) is 7.11 Å². The first-order chi connectivity index (χ1) is 10.2. The van der Waals surface area contributed by atoms with E-state index in [1.807, 2.05) is 36.4 Å². The molecule has 1 unspecified atom stereocenters. The molecule has 0 saturated carbocycles. The molecule has 0 aromatic heterocycles. The normalized spacial score (nSPS) is 20.7. The van der Waals surface area contributed by atoms with E-state index in [-0.39, 0.29) is 6.10 Å². The summed E-state index contributed by atoms with van der Waals surface area (Å²) in [6.45, 7) is 0.575. The third-order valence-electron chi connectivity index (χ3n) is 3.67. The first-order valence-corrected chi connectivity index (χ1v) is 7.68. The minimum absolute atomic E-state index is 0.140. The van der Waals surface area contributed by atoms with Crippen molar-refractivity contribution in [3.63, 3.8) is 0 Å². The topological polar surface area (TPSA) is 38.7 Å². The molecule has 0 saturated heterocycles. The molecule has 0 fully saturated rings.